The van der Waals surface area contributed by atoms with Crippen molar-refractivity contribution in [2.24, 2.45) is 0 Å². The maximum absolute atomic E-state index is 13.6. The number of aliphatic hydroxyl groups is 1. The summed E-state index contributed by atoms with van der Waals surface area (Å²) in [5.41, 5.74) is 1.69. The van der Waals surface area contributed by atoms with E-state index in [1.54, 1.807) is 23.0 Å². The smallest absolute Gasteiger partial charge is 0.131 e. The molecule has 0 saturated heterocycles. The molecule has 0 saturated carbocycles. The van der Waals surface area contributed by atoms with Gasteiger partial charge in [0.25, 0.3) is 0 Å². The number of aliphatic hydroxyl groups excluding tert-OH is 1. The minimum absolute atomic E-state index is 0.269. The van der Waals surface area contributed by atoms with E-state index >= 15 is 0 Å². The molecule has 0 radical (unpaired) electrons. The third-order valence-electron chi connectivity index (χ3n) is 2.42. The third kappa shape index (κ3) is 1.84. The minimum atomic E-state index is -0.860. The minimum Gasteiger partial charge on any atom is -0.389 e. The lowest BCUT2D eigenvalue weighted by Crippen LogP contribution is -2.05. The van der Waals surface area contributed by atoms with Crippen molar-refractivity contribution in [1.29, 1.82) is 0 Å². The Bertz CT molecular complexity index is 505. The summed E-state index contributed by atoms with van der Waals surface area (Å²) in [6.45, 7) is 3.40. The lowest BCUT2D eigenvalue weighted by molar-refractivity contribution is 0.194. The maximum atomic E-state index is 13.6. The average Bonchev–Trinajstić information content (AvgIpc) is 2.63. The predicted molar refractivity (Wildman–Crippen MR) is 58.9 cm³/mol. The van der Waals surface area contributed by atoms with Crippen LogP contribution in [0.4, 0.5) is 4.39 Å². The van der Waals surface area contributed by atoms with Gasteiger partial charge in [-0.25, -0.2) is 9.07 Å². The second kappa shape index (κ2) is 4.06. The van der Waals surface area contributed by atoms with Crippen molar-refractivity contribution in [3.05, 3.63) is 47.5 Å². The number of rotatable bonds is 2. The number of aryl methyl sites for hydroxylation is 1. The maximum Gasteiger partial charge on any atom is 0.131 e. The van der Waals surface area contributed by atoms with Gasteiger partial charge in [0.15, 0.2) is 0 Å². The van der Waals surface area contributed by atoms with E-state index in [-0.39, 0.29) is 5.56 Å². The Labute approximate surface area is 93.2 Å². The molecule has 0 fully saturated rings. The number of hydrogen-bond donors (Lipinski definition) is 1. The van der Waals surface area contributed by atoms with Crippen molar-refractivity contribution in [2.75, 3.05) is 0 Å². The van der Waals surface area contributed by atoms with Crippen molar-refractivity contribution in [3.8, 4) is 5.69 Å². The summed E-state index contributed by atoms with van der Waals surface area (Å²) in [7, 11) is 0. The van der Waals surface area contributed by atoms with E-state index < -0.39 is 11.9 Å². The molecular weight excluding hydrogens is 207 g/mol. The van der Waals surface area contributed by atoms with Crippen LogP contribution >= 0.6 is 0 Å². The van der Waals surface area contributed by atoms with Crippen LogP contribution in [0, 0.1) is 12.7 Å². The van der Waals surface area contributed by atoms with Crippen LogP contribution in [0.1, 0.15) is 24.3 Å². The van der Waals surface area contributed by atoms with Gasteiger partial charge in [-0.15, -0.1) is 0 Å². The fraction of sp³-hybridized carbons (Fsp3) is 0.250. The van der Waals surface area contributed by atoms with Gasteiger partial charge in [-0.2, -0.15) is 5.10 Å². The molecule has 4 heteroatoms. The molecule has 3 nitrogen and oxygen atoms in total. The Balaban J connectivity index is 2.60. The van der Waals surface area contributed by atoms with E-state index in [4.69, 9.17) is 0 Å². The lowest BCUT2D eigenvalue weighted by Gasteiger charge is -2.12. The predicted octanol–water partition coefficient (Wildman–Crippen LogP) is 2.37. The molecule has 0 aliphatic rings. The van der Waals surface area contributed by atoms with E-state index in [9.17, 15) is 9.50 Å². The summed E-state index contributed by atoms with van der Waals surface area (Å²) in [5, 5.41) is 13.8. The van der Waals surface area contributed by atoms with Gasteiger partial charge in [0.1, 0.15) is 5.82 Å². The first kappa shape index (κ1) is 10.8. The van der Waals surface area contributed by atoms with E-state index in [2.05, 4.69) is 5.10 Å². The van der Waals surface area contributed by atoms with Crippen LogP contribution in [0.3, 0.4) is 0 Å². The monoisotopic (exact) mass is 220 g/mol. The van der Waals surface area contributed by atoms with Gasteiger partial charge >= 0.3 is 0 Å². The van der Waals surface area contributed by atoms with Gasteiger partial charge in [-0.1, -0.05) is 6.07 Å². The van der Waals surface area contributed by atoms with Crippen LogP contribution in [0.5, 0.6) is 0 Å². The molecule has 16 heavy (non-hydrogen) atoms. The summed E-state index contributed by atoms with van der Waals surface area (Å²) < 4.78 is 15.2. The molecule has 1 aromatic heterocycles. The zero-order chi connectivity index (χ0) is 11.7. The second-order valence-electron chi connectivity index (χ2n) is 3.75. The van der Waals surface area contributed by atoms with Gasteiger partial charge in [-0.05, 0) is 32.0 Å². The van der Waals surface area contributed by atoms with E-state index in [1.165, 1.54) is 13.0 Å². The molecule has 0 aliphatic heterocycles. The molecular formula is C12H13FN2O. The molecule has 1 N–H and O–H groups in total. The van der Waals surface area contributed by atoms with E-state index in [1.807, 2.05) is 13.0 Å². The summed E-state index contributed by atoms with van der Waals surface area (Å²) in [6.07, 6.45) is 0.886. The molecule has 1 aromatic carbocycles. The Hall–Kier alpha value is -1.68. The molecule has 2 rings (SSSR count). The Morgan fingerprint density at radius 3 is 2.69 bits per heavy atom. The molecule has 2 aromatic rings. The van der Waals surface area contributed by atoms with Crippen molar-refractivity contribution < 1.29 is 9.50 Å². The highest BCUT2D eigenvalue weighted by molar-refractivity contribution is 5.42. The van der Waals surface area contributed by atoms with Gasteiger partial charge in [0.2, 0.25) is 0 Å². The average molecular weight is 220 g/mol. The van der Waals surface area contributed by atoms with Crippen molar-refractivity contribution >= 4 is 0 Å². The van der Waals surface area contributed by atoms with Crippen LogP contribution in [0.15, 0.2) is 30.5 Å². The highest BCUT2D eigenvalue weighted by atomic mass is 19.1. The Kier molecular flexibility index (Phi) is 2.75. The highest BCUT2D eigenvalue weighted by Crippen LogP contribution is 2.24. The summed E-state index contributed by atoms with van der Waals surface area (Å²) in [5.74, 6) is -0.416. The second-order valence-corrected chi connectivity index (χ2v) is 3.75. The first-order valence-corrected chi connectivity index (χ1v) is 5.08. The fourth-order valence-corrected chi connectivity index (χ4v) is 1.69. The number of halogens is 1. The summed E-state index contributed by atoms with van der Waals surface area (Å²) >= 11 is 0. The van der Waals surface area contributed by atoms with Gasteiger partial charge in [-0.3, -0.25) is 0 Å². The first-order valence-electron chi connectivity index (χ1n) is 5.08. The number of nitrogens with zero attached hydrogens (tertiary/aromatic N) is 2. The van der Waals surface area contributed by atoms with Crippen LogP contribution < -0.4 is 0 Å². The molecule has 0 bridgehead atoms. The molecule has 0 aliphatic carbocycles. The van der Waals surface area contributed by atoms with Crippen molar-refractivity contribution in [1.82, 2.24) is 9.78 Å². The summed E-state index contributed by atoms with van der Waals surface area (Å²) in [6, 6.07) is 6.50. The van der Waals surface area contributed by atoms with Gasteiger partial charge in [0, 0.05) is 11.8 Å². The van der Waals surface area contributed by atoms with E-state index in [0.717, 1.165) is 5.69 Å². The Morgan fingerprint density at radius 1 is 1.38 bits per heavy atom. The van der Waals surface area contributed by atoms with Gasteiger partial charge < -0.3 is 5.11 Å². The largest absolute Gasteiger partial charge is 0.389 e. The van der Waals surface area contributed by atoms with Crippen LogP contribution in [0.2, 0.25) is 0 Å². The Morgan fingerprint density at radius 2 is 2.12 bits per heavy atom. The molecule has 1 heterocycles. The quantitative estimate of drug-likeness (QED) is 0.843. The fourth-order valence-electron chi connectivity index (χ4n) is 1.69. The standard InChI is InChI=1S/C12H13FN2O/c1-8-6-7-15(14-8)11-5-3-4-10(13)12(11)9(2)16/h3-7,9,16H,1-2H3. The first-order chi connectivity index (χ1) is 7.59. The summed E-state index contributed by atoms with van der Waals surface area (Å²) in [4.78, 5) is 0. The van der Waals surface area contributed by atoms with Crippen molar-refractivity contribution in [3.63, 3.8) is 0 Å². The normalized spacial score (nSPS) is 12.8. The molecule has 1 atom stereocenters. The molecule has 0 spiro atoms. The SMILES string of the molecule is Cc1ccn(-c2cccc(F)c2C(C)O)n1. The van der Waals surface area contributed by atoms with Crippen LogP contribution in [-0.2, 0) is 0 Å². The number of hydrogen-bond acceptors (Lipinski definition) is 2. The topological polar surface area (TPSA) is 38.0 Å². The zero-order valence-electron chi connectivity index (χ0n) is 9.18. The molecule has 0 amide bonds. The van der Waals surface area contributed by atoms with E-state index in [0.29, 0.717) is 5.69 Å². The zero-order valence-corrected chi connectivity index (χ0v) is 9.18. The lowest BCUT2D eigenvalue weighted by atomic mass is 10.1. The van der Waals surface area contributed by atoms with Gasteiger partial charge in [0.05, 0.1) is 17.5 Å². The number of benzene rings is 1. The van der Waals surface area contributed by atoms with Crippen LogP contribution in [0.25, 0.3) is 5.69 Å². The molecule has 84 valence electrons. The third-order valence-corrected chi connectivity index (χ3v) is 2.42. The highest BCUT2D eigenvalue weighted by Gasteiger charge is 2.14. The number of aromatic nitrogens is 2. The van der Waals surface area contributed by atoms with Crippen molar-refractivity contribution in [2.45, 2.75) is 20.0 Å². The van der Waals surface area contributed by atoms with Crippen LogP contribution in [-0.4, -0.2) is 14.9 Å². The molecule has 1 unspecified atom stereocenters.